The summed E-state index contributed by atoms with van der Waals surface area (Å²) in [6, 6.07) is 19.5. The molecule has 0 amide bonds. The molecule has 0 fully saturated rings. The molecule has 0 bridgehead atoms. The van der Waals surface area contributed by atoms with Crippen molar-refractivity contribution in [3.63, 3.8) is 0 Å². The number of nitrogens with zero attached hydrogens (tertiary/aromatic N) is 6. The van der Waals surface area contributed by atoms with Crippen LogP contribution in [0.5, 0.6) is 0 Å². The third kappa shape index (κ3) is 3.75. The van der Waals surface area contributed by atoms with E-state index in [2.05, 4.69) is 26.1 Å². The number of fused-ring (bicyclic) bond motifs is 3. The summed E-state index contributed by atoms with van der Waals surface area (Å²) >= 11 is 2.58. The van der Waals surface area contributed by atoms with Crippen molar-refractivity contribution >= 4 is 45.4 Å². The predicted octanol–water partition coefficient (Wildman–Crippen LogP) is 4.68. The van der Waals surface area contributed by atoms with Gasteiger partial charge in [0.05, 0.1) is 23.0 Å². The fourth-order valence-corrected chi connectivity index (χ4v) is 5.12. The van der Waals surface area contributed by atoms with E-state index in [-0.39, 0.29) is 11.5 Å². The summed E-state index contributed by atoms with van der Waals surface area (Å²) in [5, 5.41) is 18.0. The lowest BCUT2D eigenvalue weighted by Gasteiger charge is -2.07. The second kappa shape index (κ2) is 8.49. The maximum atomic E-state index is 12.9. The van der Waals surface area contributed by atoms with Crippen molar-refractivity contribution in [1.82, 2.24) is 24.6 Å². The van der Waals surface area contributed by atoms with Gasteiger partial charge < -0.3 is 0 Å². The first-order chi connectivity index (χ1) is 15.6. The normalized spacial score (nSPS) is 12.1. The molecule has 3 heterocycles. The summed E-state index contributed by atoms with van der Waals surface area (Å²) in [5.41, 5.74) is 3.21. The van der Waals surface area contributed by atoms with E-state index in [1.54, 1.807) is 4.52 Å². The van der Waals surface area contributed by atoms with E-state index in [1.165, 1.54) is 23.1 Å². The quantitative estimate of drug-likeness (QED) is 0.270. The fourth-order valence-electron chi connectivity index (χ4n) is 3.37. The lowest BCUT2D eigenvalue weighted by molar-refractivity contribution is -0.116. The molecule has 0 aliphatic carbocycles. The van der Waals surface area contributed by atoms with Gasteiger partial charge in [-0.15, -0.1) is 16.4 Å². The van der Waals surface area contributed by atoms with E-state index in [1.807, 2.05) is 66.9 Å². The molecular weight excluding hydrogens is 440 g/mol. The van der Waals surface area contributed by atoms with Crippen LogP contribution >= 0.6 is 23.1 Å². The molecule has 7 nitrogen and oxygen atoms in total. The van der Waals surface area contributed by atoms with Gasteiger partial charge in [-0.3, -0.25) is 4.79 Å². The van der Waals surface area contributed by atoms with Crippen LogP contribution < -0.4 is 0 Å². The lowest BCUT2D eigenvalue weighted by Crippen LogP contribution is -2.14. The standard InChI is InChI=1S/C23H16N6OS2/c1-14-25-21-16-9-5-6-10-18(16)27-23(29(21)28-14)32-13-20(30)17(11-24)22-26-19(12-31-22)15-7-3-2-4-8-15/h2-10,12,17H,13H2,1H3. The highest BCUT2D eigenvalue weighted by Gasteiger charge is 2.25. The molecule has 5 aromatic rings. The number of hydrogen-bond donors (Lipinski definition) is 0. The molecular formula is C23H16N6OS2. The van der Waals surface area contributed by atoms with Gasteiger partial charge in [-0.2, -0.15) is 9.78 Å². The monoisotopic (exact) mass is 456 g/mol. The van der Waals surface area contributed by atoms with Crippen molar-refractivity contribution < 1.29 is 4.79 Å². The maximum absolute atomic E-state index is 12.9. The van der Waals surface area contributed by atoms with Gasteiger partial charge in [-0.05, 0) is 19.1 Å². The Labute approximate surface area is 191 Å². The van der Waals surface area contributed by atoms with Gasteiger partial charge in [0.15, 0.2) is 22.5 Å². The Hall–Kier alpha value is -3.61. The molecule has 156 valence electrons. The third-order valence-corrected chi connectivity index (χ3v) is 6.75. The first-order valence-corrected chi connectivity index (χ1v) is 11.7. The highest BCUT2D eigenvalue weighted by Crippen LogP contribution is 2.29. The zero-order valence-corrected chi connectivity index (χ0v) is 18.6. The molecule has 0 saturated heterocycles. The largest absolute Gasteiger partial charge is 0.297 e. The van der Waals surface area contributed by atoms with Crippen LogP contribution in [0, 0.1) is 18.3 Å². The molecule has 5 rings (SSSR count). The first-order valence-electron chi connectivity index (χ1n) is 9.82. The number of nitriles is 1. The van der Waals surface area contributed by atoms with E-state index < -0.39 is 5.92 Å². The second-order valence-electron chi connectivity index (χ2n) is 7.06. The van der Waals surface area contributed by atoms with Gasteiger partial charge >= 0.3 is 0 Å². The van der Waals surface area contributed by atoms with Crippen LogP contribution in [0.3, 0.4) is 0 Å². The van der Waals surface area contributed by atoms with Gasteiger partial charge in [0.2, 0.25) is 0 Å². The Morgan fingerprint density at radius 2 is 1.91 bits per heavy atom. The van der Waals surface area contributed by atoms with Gasteiger partial charge in [0, 0.05) is 16.3 Å². The first kappa shape index (κ1) is 20.3. The number of thioether (sulfide) groups is 1. The van der Waals surface area contributed by atoms with E-state index in [9.17, 15) is 10.1 Å². The summed E-state index contributed by atoms with van der Waals surface area (Å²) in [4.78, 5) is 26.7. The lowest BCUT2D eigenvalue weighted by atomic mass is 10.1. The molecule has 1 atom stereocenters. The maximum Gasteiger partial charge on any atom is 0.191 e. The molecule has 0 saturated carbocycles. The van der Waals surface area contributed by atoms with Crippen LogP contribution in [-0.4, -0.2) is 36.1 Å². The molecule has 0 radical (unpaired) electrons. The highest BCUT2D eigenvalue weighted by molar-refractivity contribution is 7.99. The average molecular weight is 457 g/mol. The molecule has 32 heavy (non-hydrogen) atoms. The zero-order chi connectivity index (χ0) is 22.1. The van der Waals surface area contributed by atoms with Crippen molar-refractivity contribution in [3.05, 3.63) is 70.8 Å². The molecule has 3 aromatic heterocycles. The van der Waals surface area contributed by atoms with E-state index in [4.69, 9.17) is 0 Å². The molecule has 2 aromatic carbocycles. The fraction of sp³-hybridized carbons (Fsp3) is 0.130. The van der Waals surface area contributed by atoms with Crippen molar-refractivity contribution in [1.29, 1.82) is 5.26 Å². The predicted molar refractivity (Wildman–Crippen MR) is 125 cm³/mol. The SMILES string of the molecule is Cc1nc2c3ccccc3nc(SCC(=O)C(C#N)c3nc(-c4ccccc4)cs3)n2n1. The number of benzene rings is 2. The number of rotatable bonds is 6. The number of para-hydroxylation sites is 1. The molecule has 1 unspecified atom stereocenters. The minimum absolute atomic E-state index is 0.0812. The number of hydrogen-bond acceptors (Lipinski definition) is 8. The van der Waals surface area contributed by atoms with Gasteiger partial charge in [-0.25, -0.2) is 15.0 Å². The number of carbonyl (C=O) groups is 1. The third-order valence-electron chi connectivity index (χ3n) is 4.89. The Kier molecular flexibility index (Phi) is 5.39. The summed E-state index contributed by atoms with van der Waals surface area (Å²) < 4.78 is 1.66. The number of aromatic nitrogens is 5. The molecule has 0 aliphatic rings. The topological polar surface area (TPSA) is 96.8 Å². The van der Waals surface area contributed by atoms with Crippen molar-refractivity contribution in [3.8, 4) is 17.3 Å². The van der Waals surface area contributed by atoms with Gasteiger partial charge in [0.25, 0.3) is 0 Å². The van der Waals surface area contributed by atoms with E-state index in [0.29, 0.717) is 21.6 Å². The van der Waals surface area contributed by atoms with Crippen molar-refractivity contribution in [2.45, 2.75) is 18.0 Å². The summed E-state index contributed by atoms with van der Waals surface area (Å²) in [6.45, 7) is 1.82. The highest BCUT2D eigenvalue weighted by atomic mass is 32.2. The van der Waals surface area contributed by atoms with E-state index in [0.717, 1.165) is 22.2 Å². The Morgan fingerprint density at radius 3 is 2.72 bits per heavy atom. The second-order valence-corrected chi connectivity index (χ2v) is 8.89. The number of aryl methyl sites for hydroxylation is 1. The van der Waals surface area contributed by atoms with Crippen molar-refractivity contribution in [2.24, 2.45) is 0 Å². The average Bonchev–Trinajstić information content (AvgIpc) is 3.46. The summed E-state index contributed by atoms with van der Waals surface area (Å²) in [7, 11) is 0. The van der Waals surface area contributed by atoms with E-state index >= 15 is 0 Å². The molecule has 0 aliphatic heterocycles. The minimum atomic E-state index is -0.918. The smallest absolute Gasteiger partial charge is 0.191 e. The summed E-state index contributed by atoms with van der Waals surface area (Å²) in [5.74, 6) is -0.426. The van der Waals surface area contributed by atoms with Crippen LogP contribution in [0.4, 0.5) is 0 Å². The minimum Gasteiger partial charge on any atom is -0.297 e. The number of Topliss-reactive ketones (excluding diaryl/α,β-unsaturated/α-hetero) is 1. The molecule has 0 spiro atoms. The Balaban J connectivity index is 1.40. The number of carbonyl (C=O) groups excluding carboxylic acids is 1. The Morgan fingerprint density at radius 1 is 1.12 bits per heavy atom. The number of ketones is 1. The van der Waals surface area contributed by atoms with Crippen LogP contribution in [0.2, 0.25) is 0 Å². The van der Waals surface area contributed by atoms with Crippen LogP contribution in [0.15, 0.2) is 65.1 Å². The molecule has 0 N–H and O–H groups in total. The van der Waals surface area contributed by atoms with Crippen LogP contribution in [0.1, 0.15) is 16.7 Å². The van der Waals surface area contributed by atoms with Crippen molar-refractivity contribution in [2.75, 3.05) is 5.75 Å². The Bertz CT molecular complexity index is 1490. The zero-order valence-electron chi connectivity index (χ0n) is 17.0. The van der Waals surface area contributed by atoms with Crippen LogP contribution in [-0.2, 0) is 4.79 Å². The van der Waals surface area contributed by atoms with Gasteiger partial charge in [0.1, 0.15) is 10.8 Å². The molecule has 9 heteroatoms. The number of thiazole rings is 1. The summed E-state index contributed by atoms with van der Waals surface area (Å²) in [6.07, 6.45) is 0. The van der Waals surface area contributed by atoms with Crippen LogP contribution in [0.25, 0.3) is 27.8 Å². The van der Waals surface area contributed by atoms with Gasteiger partial charge in [-0.1, -0.05) is 54.2 Å².